The molecule has 1 aromatic carbocycles. The molecule has 0 fully saturated rings. The van der Waals surface area contributed by atoms with Crippen molar-refractivity contribution in [1.29, 1.82) is 0 Å². The van der Waals surface area contributed by atoms with Gasteiger partial charge >= 0.3 is 6.09 Å². The van der Waals surface area contributed by atoms with Gasteiger partial charge in [0, 0.05) is 10.5 Å². The van der Waals surface area contributed by atoms with Crippen molar-refractivity contribution in [2.45, 2.75) is 45.8 Å². The minimum absolute atomic E-state index is 0.0955. The highest BCUT2D eigenvalue weighted by Gasteiger charge is 2.19. The minimum Gasteiger partial charge on any atom is -0.444 e. The van der Waals surface area contributed by atoms with Crippen LogP contribution in [0.3, 0.4) is 0 Å². The SMILES string of the molecule is Cc1ccc(C[C@@H](CI)NC(=O)OC(C)(C)C)cc1. The van der Waals surface area contributed by atoms with E-state index in [0.29, 0.717) is 0 Å². The number of carbonyl (C=O) groups is 1. The zero-order chi connectivity index (χ0) is 14.5. The third-order valence-corrected chi connectivity index (χ3v) is 3.57. The molecule has 106 valence electrons. The van der Waals surface area contributed by atoms with E-state index in [1.807, 2.05) is 20.8 Å². The minimum atomic E-state index is -0.455. The molecule has 1 N–H and O–H groups in total. The van der Waals surface area contributed by atoms with E-state index < -0.39 is 5.60 Å². The molecule has 0 aliphatic rings. The van der Waals surface area contributed by atoms with E-state index in [4.69, 9.17) is 4.74 Å². The molecule has 0 saturated heterocycles. The molecule has 0 spiro atoms. The van der Waals surface area contributed by atoms with Gasteiger partial charge in [-0.2, -0.15) is 0 Å². The number of alkyl carbamates (subject to hydrolysis) is 1. The lowest BCUT2D eigenvalue weighted by Gasteiger charge is -2.22. The van der Waals surface area contributed by atoms with Crippen LogP contribution in [0.5, 0.6) is 0 Å². The van der Waals surface area contributed by atoms with Gasteiger partial charge in [-0.1, -0.05) is 52.4 Å². The summed E-state index contributed by atoms with van der Waals surface area (Å²) in [5, 5.41) is 2.92. The van der Waals surface area contributed by atoms with Crippen molar-refractivity contribution in [2.24, 2.45) is 0 Å². The maximum atomic E-state index is 11.7. The Hall–Kier alpha value is -0.780. The van der Waals surface area contributed by atoms with Gasteiger partial charge in [-0.25, -0.2) is 4.79 Å². The van der Waals surface area contributed by atoms with Gasteiger partial charge < -0.3 is 10.1 Å². The van der Waals surface area contributed by atoms with Crippen molar-refractivity contribution in [3.8, 4) is 0 Å². The van der Waals surface area contributed by atoms with Gasteiger partial charge in [0.2, 0.25) is 0 Å². The van der Waals surface area contributed by atoms with Gasteiger partial charge in [-0.15, -0.1) is 0 Å². The van der Waals surface area contributed by atoms with Gasteiger partial charge in [0.15, 0.2) is 0 Å². The molecule has 0 aliphatic heterocycles. The van der Waals surface area contributed by atoms with Gasteiger partial charge in [-0.3, -0.25) is 0 Å². The number of carbonyl (C=O) groups excluding carboxylic acids is 1. The van der Waals surface area contributed by atoms with Crippen LogP contribution in [-0.4, -0.2) is 22.2 Å². The van der Waals surface area contributed by atoms with E-state index in [-0.39, 0.29) is 12.1 Å². The third-order valence-electron chi connectivity index (χ3n) is 2.51. The predicted molar refractivity (Wildman–Crippen MR) is 86.9 cm³/mol. The van der Waals surface area contributed by atoms with Crippen LogP contribution in [0, 0.1) is 6.92 Å². The van der Waals surface area contributed by atoms with E-state index in [1.54, 1.807) is 0 Å². The number of benzene rings is 1. The highest BCUT2D eigenvalue weighted by molar-refractivity contribution is 14.1. The molecule has 0 heterocycles. The Kier molecular flexibility index (Phi) is 6.10. The second-order valence-electron chi connectivity index (χ2n) is 5.69. The van der Waals surface area contributed by atoms with E-state index in [1.165, 1.54) is 11.1 Å². The van der Waals surface area contributed by atoms with Crippen LogP contribution in [0.4, 0.5) is 4.79 Å². The Bertz CT molecular complexity index is 409. The third kappa shape index (κ3) is 6.80. The largest absolute Gasteiger partial charge is 0.444 e. The standard InChI is InChI=1S/C15H22INO2/c1-11-5-7-12(8-6-11)9-13(10-16)17-14(18)19-15(2,3)4/h5-8,13H,9-10H2,1-4H3,(H,17,18)/t13-/m0/s1. The number of hydrogen-bond acceptors (Lipinski definition) is 2. The average Bonchev–Trinajstić information content (AvgIpc) is 2.28. The number of hydrogen-bond donors (Lipinski definition) is 1. The lowest BCUT2D eigenvalue weighted by molar-refractivity contribution is 0.0510. The smallest absolute Gasteiger partial charge is 0.407 e. The van der Waals surface area contributed by atoms with Crippen molar-refractivity contribution in [3.05, 3.63) is 35.4 Å². The number of rotatable bonds is 4. The zero-order valence-electron chi connectivity index (χ0n) is 12.0. The molecular formula is C15H22INO2. The molecular weight excluding hydrogens is 353 g/mol. The summed E-state index contributed by atoms with van der Waals surface area (Å²) in [7, 11) is 0. The number of nitrogens with one attached hydrogen (secondary N) is 1. The first kappa shape index (κ1) is 16.3. The summed E-state index contributed by atoms with van der Waals surface area (Å²) in [6.45, 7) is 7.67. The highest BCUT2D eigenvalue weighted by Crippen LogP contribution is 2.10. The Morgan fingerprint density at radius 2 is 1.89 bits per heavy atom. The normalized spacial score (nSPS) is 12.9. The summed E-state index contributed by atoms with van der Waals surface area (Å²) in [5.74, 6) is 0. The molecule has 19 heavy (non-hydrogen) atoms. The maximum absolute atomic E-state index is 11.7. The summed E-state index contributed by atoms with van der Waals surface area (Å²) >= 11 is 2.28. The van der Waals surface area contributed by atoms with Crippen LogP contribution < -0.4 is 5.32 Å². The molecule has 0 radical (unpaired) electrons. The first-order valence-corrected chi connectivity index (χ1v) is 7.94. The predicted octanol–water partition coefficient (Wildman–Crippen LogP) is 3.87. The first-order chi connectivity index (χ1) is 8.80. The molecule has 3 nitrogen and oxygen atoms in total. The Labute approximate surface area is 129 Å². The summed E-state index contributed by atoms with van der Waals surface area (Å²) in [5.41, 5.74) is 2.02. The average molecular weight is 375 g/mol. The van der Waals surface area contributed by atoms with Crippen LogP contribution in [0.15, 0.2) is 24.3 Å². The number of amides is 1. The van der Waals surface area contributed by atoms with E-state index in [2.05, 4.69) is 59.1 Å². The lowest BCUT2D eigenvalue weighted by Crippen LogP contribution is -2.41. The first-order valence-electron chi connectivity index (χ1n) is 6.41. The van der Waals surface area contributed by atoms with E-state index in [0.717, 1.165) is 10.8 Å². The van der Waals surface area contributed by atoms with Gasteiger partial charge in [0.25, 0.3) is 0 Å². The van der Waals surface area contributed by atoms with Crippen molar-refractivity contribution in [3.63, 3.8) is 0 Å². The summed E-state index contributed by atoms with van der Waals surface area (Å²) < 4.78 is 6.13. The second kappa shape index (κ2) is 7.12. The molecule has 0 saturated carbocycles. The van der Waals surface area contributed by atoms with Crippen LogP contribution in [-0.2, 0) is 11.2 Å². The Morgan fingerprint density at radius 3 is 2.37 bits per heavy atom. The van der Waals surface area contributed by atoms with Crippen molar-refractivity contribution < 1.29 is 9.53 Å². The number of ether oxygens (including phenoxy) is 1. The lowest BCUT2D eigenvalue weighted by atomic mass is 10.1. The summed E-state index contributed by atoms with van der Waals surface area (Å²) in [4.78, 5) is 11.7. The van der Waals surface area contributed by atoms with Gasteiger partial charge in [0.05, 0.1) is 0 Å². The maximum Gasteiger partial charge on any atom is 0.407 e. The monoisotopic (exact) mass is 375 g/mol. The van der Waals surface area contributed by atoms with Crippen molar-refractivity contribution >= 4 is 28.7 Å². The highest BCUT2D eigenvalue weighted by atomic mass is 127. The molecule has 1 aromatic rings. The van der Waals surface area contributed by atoms with Crippen LogP contribution in [0.1, 0.15) is 31.9 Å². The number of alkyl halides is 1. The fourth-order valence-corrected chi connectivity index (χ4v) is 2.16. The van der Waals surface area contributed by atoms with Crippen LogP contribution >= 0.6 is 22.6 Å². The van der Waals surface area contributed by atoms with Crippen molar-refractivity contribution in [2.75, 3.05) is 4.43 Å². The van der Waals surface area contributed by atoms with E-state index in [9.17, 15) is 4.79 Å². The summed E-state index contributed by atoms with van der Waals surface area (Å²) in [6, 6.07) is 8.48. The van der Waals surface area contributed by atoms with Crippen molar-refractivity contribution in [1.82, 2.24) is 5.32 Å². The van der Waals surface area contributed by atoms with Gasteiger partial charge in [0.1, 0.15) is 5.60 Å². The molecule has 1 amide bonds. The molecule has 4 heteroatoms. The quantitative estimate of drug-likeness (QED) is 0.641. The molecule has 0 aliphatic carbocycles. The fraction of sp³-hybridized carbons (Fsp3) is 0.533. The number of aryl methyl sites for hydroxylation is 1. The fourth-order valence-electron chi connectivity index (χ4n) is 1.63. The Morgan fingerprint density at radius 1 is 1.32 bits per heavy atom. The topological polar surface area (TPSA) is 38.3 Å². The van der Waals surface area contributed by atoms with E-state index >= 15 is 0 Å². The second-order valence-corrected chi connectivity index (χ2v) is 6.57. The molecule has 0 unspecified atom stereocenters. The summed E-state index contributed by atoms with van der Waals surface area (Å²) in [6.07, 6.45) is 0.476. The van der Waals surface area contributed by atoms with Crippen LogP contribution in [0.2, 0.25) is 0 Å². The molecule has 1 atom stereocenters. The van der Waals surface area contributed by atoms with Crippen LogP contribution in [0.25, 0.3) is 0 Å². The van der Waals surface area contributed by atoms with Gasteiger partial charge in [-0.05, 0) is 39.7 Å². The zero-order valence-corrected chi connectivity index (χ0v) is 14.2. The number of halogens is 1. The molecule has 0 bridgehead atoms. The molecule has 0 aromatic heterocycles. The Balaban J connectivity index is 2.54. The molecule has 1 rings (SSSR count).